The number of aromatic amines is 1. The van der Waals surface area contributed by atoms with E-state index in [1.54, 1.807) is 7.11 Å². The highest BCUT2D eigenvalue weighted by Crippen LogP contribution is 2.31. The SMILES string of the molecule is COc1ccc(C(CNC(=O)CN2CCN(c3cccc(C)c3)CC2)c2c[nH]c3ccccc23)cc1. The van der Waals surface area contributed by atoms with Gasteiger partial charge in [-0.1, -0.05) is 42.5 Å². The molecule has 1 aromatic heterocycles. The molecule has 1 aliphatic rings. The number of hydrogen-bond donors (Lipinski definition) is 2. The normalized spacial score (nSPS) is 15.1. The molecule has 6 nitrogen and oxygen atoms in total. The smallest absolute Gasteiger partial charge is 0.234 e. The second kappa shape index (κ2) is 10.9. The van der Waals surface area contributed by atoms with Crippen LogP contribution >= 0.6 is 0 Å². The molecule has 36 heavy (non-hydrogen) atoms. The zero-order chi connectivity index (χ0) is 24.9. The summed E-state index contributed by atoms with van der Waals surface area (Å²) in [6, 6.07) is 25.1. The van der Waals surface area contributed by atoms with E-state index in [0.717, 1.165) is 43.0 Å². The van der Waals surface area contributed by atoms with Gasteiger partial charge in [-0.2, -0.15) is 0 Å². The molecule has 0 saturated carbocycles. The topological polar surface area (TPSA) is 60.6 Å². The Hall–Kier alpha value is -3.77. The van der Waals surface area contributed by atoms with Gasteiger partial charge in [0.2, 0.25) is 5.91 Å². The summed E-state index contributed by atoms with van der Waals surface area (Å²) >= 11 is 0. The Morgan fingerprint density at radius 3 is 2.53 bits per heavy atom. The summed E-state index contributed by atoms with van der Waals surface area (Å²) in [5.74, 6) is 0.928. The molecule has 6 heteroatoms. The van der Waals surface area contributed by atoms with E-state index < -0.39 is 0 Å². The summed E-state index contributed by atoms with van der Waals surface area (Å²) in [7, 11) is 1.67. The molecule has 4 aromatic rings. The lowest BCUT2D eigenvalue weighted by Gasteiger charge is -2.36. The third-order valence-corrected chi connectivity index (χ3v) is 7.12. The third-order valence-electron chi connectivity index (χ3n) is 7.12. The van der Waals surface area contributed by atoms with Crippen LogP contribution in [0.15, 0.2) is 79.0 Å². The van der Waals surface area contributed by atoms with Crippen LogP contribution in [0.4, 0.5) is 5.69 Å². The van der Waals surface area contributed by atoms with Gasteiger partial charge in [-0.05, 0) is 53.9 Å². The number of benzene rings is 3. The van der Waals surface area contributed by atoms with Crippen LogP contribution < -0.4 is 15.0 Å². The van der Waals surface area contributed by atoms with Crippen LogP contribution in [0.5, 0.6) is 5.75 Å². The van der Waals surface area contributed by atoms with Gasteiger partial charge in [0.05, 0.1) is 13.7 Å². The van der Waals surface area contributed by atoms with Gasteiger partial charge in [0.1, 0.15) is 5.75 Å². The Balaban J connectivity index is 1.23. The Bertz CT molecular complexity index is 1310. The summed E-state index contributed by atoms with van der Waals surface area (Å²) in [6.45, 7) is 6.71. The number of ether oxygens (including phenoxy) is 1. The van der Waals surface area contributed by atoms with Crippen molar-refractivity contribution >= 4 is 22.5 Å². The second-order valence-corrected chi connectivity index (χ2v) is 9.52. The highest BCUT2D eigenvalue weighted by molar-refractivity contribution is 5.84. The van der Waals surface area contributed by atoms with E-state index in [-0.39, 0.29) is 11.8 Å². The first kappa shape index (κ1) is 23.9. The molecule has 0 aliphatic carbocycles. The monoisotopic (exact) mass is 482 g/mol. The van der Waals surface area contributed by atoms with E-state index in [0.29, 0.717) is 13.1 Å². The molecular formula is C30H34N4O2. The van der Waals surface area contributed by atoms with Crippen molar-refractivity contribution in [3.63, 3.8) is 0 Å². The number of carbonyl (C=O) groups excluding carboxylic acids is 1. The quantitative estimate of drug-likeness (QED) is 0.387. The van der Waals surface area contributed by atoms with E-state index >= 15 is 0 Å². The van der Waals surface area contributed by atoms with E-state index in [1.165, 1.54) is 22.2 Å². The first-order chi connectivity index (χ1) is 17.6. The Kier molecular flexibility index (Phi) is 7.23. The number of hydrogen-bond acceptors (Lipinski definition) is 4. The highest BCUT2D eigenvalue weighted by Gasteiger charge is 2.22. The number of amides is 1. The number of fused-ring (bicyclic) bond motifs is 1. The van der Waals surface area contributed by atoms with Crippen LogP contribution in [0.3, 0.4) is 0 Å². The number of nitrogens with zero attached hydrogens (tertiary/aromatic N) is 2. The average molecular weight is 483 g/mol. The van der Waals surface area contributed by atoms with Crippen molar-refractivity contribution in [2.45, 2.75) is 12.8 Å². The molecular weight excluding hydrogens is 448 g/mol. The fraction of sp³-hybridized carbons (Fsp3) is 0.300. The number of aryl methyl sites for hydroxylation is 1. The first-order valence-electron chi connectivity index (χ1n) is 12.6. The summed E-state index contributed by atoms with van der Waals surface area (Å²) in [6.07, 6.45) is 2.07. The largest absolute Gasteiger partial charge is 0.497 e. The maximum absolute atomic E-state index is 13.0. The van der Waals surface area contributed by atoms with Crippen molar-refractivity contribution in [3.8, 4) is 5.75 Å². The summed E-state index contributed by atoms with van der Waals surface area (Å²) in [5, 5.41) is 4.40. The number of rotatable bonds is 8. The summed E-state index contributed by atoms with van der Waals surface area (Å²) in [4.78, 5) is 21.0. The van der Waals surface area contributed by atoms with Crippen LogP contribution in [0, 0.1) is 6.92 Å². The van der Waals surface area contributed by atoms with Crippen LogP contribution in [-0.2, 0) is 4.79 Å². The van der Waals surface area contributed by atoms with Gasteiger partial charge in [0.15, 0.2) is 0 Å². The number of nitrogens with one attached hydrogen (secondary N) is 2. The number of para-hydroxylation sites is 1. The van der Waals surface area contributed by atoms with Crippen molar-refractivity contribution in [2.24, 2.45) is 0 Å². The summed E-state index contributed by atoms with van der Waals surface area (Å²) < 4.78 is 5.35. The van der Waals surface area contributed by atoms with Crippen molar-refractivity contribution < 1.29 is 9.53 Å². The van der Waals surface area contributed by atoms with Gasteiger partial charge in [0, 0.05) is 61.4 Å². The lowest BCUT2D eigenvalue weighted by Crippen LogP contribution is -2.49. The van der Waals surface area contributed by atoms with Crippen molar-refractivity contribution in [1.82, 2.24) is 15.2 Å². The fourth-order valence-corrected chi connectivity index (χ4v) is 5.09. The molecule has 1 aliphatic heterocycles. The van der Waals surface area contributed by atoms with Crippen LogP contribution in [-0.4, -0.2) is 62.2 Å². The number of carbonyl (C=O) groups is 1. The summed E-state index contributed by atoms with van der Waals surface area (Å²) in [5.41, 5.74) is 5.97. The minimum Gasteiger partial charge on any atom is -0.497 e. The lowest BCUT2D eigenvalue weighted by atomic mass is 9.90. The molecule has 1 amide bonds. The molecule has 2 N–H and O–H groups in total. The Morgan fingerprint density at radius 1 is 1.00 bits per heavy atom. The predicted molar refractivity (Wildman–Crippen MR) is 146 cm³/mol. The van der Waals surface area contributed by atoms with Crippen LogP contribution in [0.1, 0.15) is 22.6 Å². The molecule has 0 spiro atoms. The highest BCUT2D eigenvalue weighted by atomic mass is 16.5. The maximum Gasteiger partial charge on any atom is 0.234 e. The molecule has 3 aromatic carbocycles. The molecule has 1 fully saturated rings. The minimum atomic E-state index is 0.0363. The fourth-order valence-electron chi connectivity index (χ4n) is 5.09. The van der Waals surface area contributed by atoms with E-state index in [2.05, 4.69) is 87.8 Å². The molecule has 186 valence electrons. The maximum atomic E-state index is 13.0. The van der Waals surface area contributed by atoms with Gasteiger partial charge in [0.25, 0.3) is 0 Å². The number of methoxy groups -OCH3 is 1. The van der Waals surface area contributed by atoms with Gasteiger partial charge in [-0.15, -0.1) is 0 Å². The van der Waals surface area contributed by atoms with Gasteiger partial charge in [-0.25, -0.2) is 0 Å². The van der Waals surface area contributed by atoms with E-state index in [1.807, 2.05) is 18.2 Å². The van der Waals surface area contributed by atoms with Crippen molar-refractivity contribution in [2.75, 3.05) is 51.3 Å². The van der Waals surface area contributed by atoms with Crippen LogP contribution in [0.25, 0.3) is 10.9 Å². The van der Waals surface area contributed by atoms with E-state index in [4.69, 9.17) is 4.74 Å². The molecule has 5 rings (SSSR count). The second-order valence-electron chi connectivity index (χ2n) is 9.52. The average Bonchev–Trinajstić information content (AvgIpc) is 3.34. The molecule has 0 bridgehead atoms. The van der Waals surface area contributed by atoms with Crippen LogP contribution in [0.2, 0.25) is 0 Å². The molecule has 2 heterocycles. The van der Waals surface area contributed by atoms with Crippen molar-refractivity contribution in [3.05, 3.63) is 95.7 Å². The number of piperazine rings is 1. The standard InChI is InChI=1S/C30H34N4O2/c1-22-6-5-7-24(18-22)34-16-14-33(15-17-34)21-30(35)32-19-27(23-10-12-25(36-2)13-11-23)28-20-31-29-9-4-3-8-26(28)29/h3-13,18,20,27,31H,14-17,19,21H2,1-2H3,(H,32,35). The zero-order valence-corrected chi connectivity index (χ0v) is 21.0. The lowest BCUT2D eigenvalue weighted by molar-refractivity contribution is -0.122. The van der Waals surface area contributed by atoms with Gasteiger partial charge in [-0.3, -0.25) is 9.69 Å². The van der Waals surface area contributed by atoms with Gasteiger partial charge < -0.3 is 19.9 Å². The number of anilines is 1. The molecule has 1 unspecified atom stereocenters. The Labute approximate surface area is 212 Å². The zero-order valence-electron chi connectivity index (χ0n) is 21.0. The molecule has 0 radical (unpaired) electrons. The van der Waals surface area contributed by atoms with Gasteiger partial charge >= 0.3 is 0 Å². The van der Waals surface area contributed by atoms with E-state index in [9.17, 15) is 4.79 Å². The molecule has 1 atom stereocenters. The third kappa shape index (κ3) is 5.39. The number of aromatic nitrogens is 1. The first-order valence-corrected chi connectivity index (χ1v) is 12.6. The van der Waals surface area contributed by atoms with Crippen molar-refractivity contribution in [1.29, 1.82) is 0 Å². The minimum absolute atomic E-state index is 0.0363. The molecule has 1 saturated heterocycles. The Morgan fingerprint density at radius 2 is 1.78 bits per heavy atom. The predicted octanol–water partition coefficient (Wildman–Crippen LogP) is 4.56. The number of H-pyrrole nitrogens is 1.